The van der Waals surface area contributed by atoms with E-state index in [4.69, 9.17) is 11.6 Å². The van der Waals surface area contributed by atoms with Gasteiger partial charge in [-0.2, -0.15) is 0 Å². The molecule has 16 heavy (non-hydrogen) atoms. The van der Waals surface area contributed by atoms with Crippen LogP contribution in [-0.2, 0) is 15.4 Å². The maximum Gasteiger partial charge on any atom is 0.307 e. The number of aromatic nitrogens is 1. The standard InChI is InChI=1S/C11H15ClN2O2/c1-14(6-4-11(15)16-2)10-3-5-13-9(7-10)8-12/h3,5,7H,4,6,8H2,1-2H3. The van der Waals surface area contributed by atoms with Gasteiger partial charge in [0.25, 0.3) is 0 Å². The molecule has 0 saturated carbocycles. The summed E-state index contributed by atoms with van der Waals surface area (Å²) in [6, 6.07) is 3.79. The first-order valence-electron chi connectivity index (χ1n) is 4.96. The van der Waals surface area contributed by atoms with E-state index >= 15 is 0 Å². The molecule has 0 aromatic carbocycles. The van der Waals surface area contributed by atoms with Gasteiger partial charge in [0.2, 0.25) is 0 Å². The van der Waals surface area contributed by atoms with Gasteiger partial charge in [0.1, 0.15) is 0 Å². The van der Waals surface area contributed by atoms with E-state index in [-0.39, 0.29) is 5.97 Å². The minimum atomic E-state index is -0.210. The molecule has 0 fully saturated rings. The quantitative estimate of drug-likeness (QED) is 0.584. The van der Waals surface area contributed by atoms with Crippen molar-refractivity contribution in [3.05, 3.63) is 24.0 Å². The molecule has 0 radical (unpaired) electrons. The number of pyridine rings is 1. The Morgan fingerprint density at radius 3 is 3.00 bits per heavy atom. The summed E-state index contributed by atoms with van der Waals surface area (Å²) in [4.78, 5) is 17.1. The predicted molar refractivity (Wildman–Crippen MR) is 63.7 cm³/mol. The number of anilines is 1. The summed E-state index contributed by atoms with van der Waals surface area (Å²) in [6.07, 6.45) is 2.08. The maximum absolute atomic E-state index is 11.0. The van der Waals surface area contributed by atoms with Crippen molar-refractivity contribution >= 4 is 23.3 Å². The molecular weight excluding hydrogens is 228 g/mol. The van der Waals surface area contributed by atoms with Crippen LogP contribution in [-0.4, -0.2) is 31.7 Å². The highest BCUT2D eigenvalue weighted by Crippen LogP contribution is 2.14. The smallest absolute Gasteiger partial charge is 0.307 e. The summed E-state index contributed by atoms with van der Waals surface area (Å²) in [6.45, 7) is 0.610. The molecule has 0 amide bonds. The Labute approximate surface area is 100 Å². The summed E-state index contributed by atoms with van der Waals surface area (Å²) in [5, 5.41) is 0. The van der Waals surface area contributed by atoms with E-state index in [2.05, 4.69) is 9.72 Å². The second-order valence-corrected chi connectivity index (χ2v) is 3.65. The van der Waals surface area contributed by atoms with Crippen molar-refractivity contribution in [1.82, 2.24) is 4.98 Å². The van der Waals surface area contributed by atoms with E-state index < -0.39 is 0 Å². The number of hydrogen-bond acceptors (Lipinski definition) is 4. The Bertz CT molecular complexity index is 358. The van der Waals surface area contributed by atoms with Crippen LogP contribution in [0, 0.1) is 0 Å². The first-order valence-corrected chi connectivity index (χ1v) is 5.49. The first kappa shape index (κ1) is 12.8. The molecule has 0 aliphatic heterocycles. The Balaban J connectivity index is 2.58. The molecule has 1 heterocycles. The van der Waals surface area contributed by atoms with Crippen molar-refractivity contribution in [1.29, 1.82) is 0 Å². The lowest BCUT2D eigenvalue weighted by molar-refractivity contribution is -0.140. The molecule has 0 N–H and O–H groups in total. The summed E-state index contributed by atoms with van der Waals surface area (Å²) in [5.74, 6) is 0.178. The van der Waals surface area contributed by atoms with E-state index in [0.717, 1.165) is 11.4 Å². The van der Waals surface area contributed by atoms with Gasteiger partial charge < -0.3 is 9.64 Å². The van der Waals surface area contributed by atoms with Crippen LogP contribution in [0.5, 0.6) is 0 Å². The molecule has 0 saturated heterocycles. The number of carbonyl (C=O) groups excluding carboxylic acids is 1. The topological polar surface area (TPSA) is 42.4 Å². The minimum Gasteiger partial charge on any atom is -0.469 e. The van der Waals surface area contributed by atoms with E-state index in [0.29, 0.717) is 18.8 Å². The highest BCUT2D eigenvalue weighted by Gasteiger charge is 2.05. The minimum absolute atomic E-state index is 0.210. The van der Waals surface area contributed by atoms with Crippen LogP contribution < -0.4 is 4.90 Å². The lowest BCUT2D eigenvalue weighted by Gasteiger charge is -2.18. The van der Waals surface area contributed by atoms with Crippen LogP contribution >= 0.6 is 11.6 Å². The summed E-state index contributed by atoms with van der Waals surface area (Å²) in [5.41, 5.74) is 1.82. The Morgan fingerprint density at radius 2 is 2.38 bits per heavy atom. The van der Waals surface area contributed by atoms with Gasteiger partial charge in [-0.1, -0.05) is 0 Å². The van der Waals surface area contributed by atoms with Crippen LogP contribution in [0.1, 0.15) is 12.1 Å². The summed E-state index contributed by atoms with van der Waals surface area (Å²) in [7, 11) is 3.30. The number of hydrogen-bond donors (Lipinski definition) is 0. The average molecular weight is 243 g/mol. The molecule has 5 heteroatoms. The molecule has 1 rings (SSSR count). The molecule has 0 aliphatic carbocycles. The third-order valence-electron chi connectivity index (χ3n) is 2.26. The van der Waals surface area contributed by atoms with Gasteiger partial charge in [0, 0.05) is 25.5 Å². The zero-order valence-corrected chi connectivity index (χ0v) is 10.2. The second-order valence-electron chi connectivity index (χ2n) is 3.39. The van der Waals surface area contributed by atoms with Crippen LogP contribution in [0.25, 0.3) is 0 Å². The lowest BCUT2D eigenvalue weighted by Crippen LogP contribution is -2.21. The average Bonchev–Trinajstić information content (AvgIpc) is 2.35. The van der Waals surface area contributed by atoms with E-state index in [1.54, 1.807) is 6.20 Å². The number of esters is 1. The fraction of sp³-hybridized carbons (Fsp3) is 0.455. The van der Waals surface area contributed by atoms with E-state index in [9.17, 15) is 4.79 Å². The number of nitrogens with zero attached hydrogens (tertiary/aromatic N) is 2. The van der Waals surface area contributed by atoms with Crippen molar-refractivity contribution in [3.63, 3.8) is 0 Å². The highest BCUT2D eigenvalue weighted by molar-refractivity contribution is 6.16. The van der Waals surface area contributed by atoms with Gasteiger partial charge in [-0.05, 0) is 12.1 Å². The predicted octanol–water partition coefficient (Wildman–Crippen LogP) is 1.82. The van der Waals surface area contributed by atoms with Crippen LogP contribution in [0.3, 0.4) is 0 Å². The third kappa shape index (κ3) is 3.70. The molecule has 0 atom stereocenters. The van der Waals surface area contributed by atoms with Gasteiger partial charge in [0.05, 0.1) is 25.1 Å². The number of ether oxygens (including phenoxy) is 1. The molecule has 1 aromatic rings. The summed E-state index contributed by atoms with van der Waals surface area (Å²) < 4.78 is 4.58. The SMILES string of the molecule is COC(=O)CCN(C)c1ccnc(CCl)c1. The molecule has 0 unspecified atom stereocenters. The van der Waals surface area contributed by atoms with Crippen LogP contribution in [0.15, 0.2) is 18.3 Å². The highest BCUT2D eigenvalue weighted by atomic mass is 35.5. The first-order chi connectivity index (χ1) is 7.67. The number of alkyl halides is 1. The van der Waals surface area contributed by atoms with Gasteiger partial charge in [0.15, 0.2) is 0 Å². The summed E-state index contributed by atoms with van der Waals surface area (Å²) >= 11 is 5.70. The Hall–Kier alpha value is -1.29. The zero-order valence-electron chi connectivity index (χ0n) is 9.44. The van der Waals surface area contributed by atoms with Crippen molar-refractivity contribution < 1.29 is 9.53 Å². The normalized spacial score (nSPS) is 9.94. The molecule has 0 bridgehead atoms. The van der Waals surface area contributed by atoms with Gasteiger partial charge >= 0.3 is 5.97 Å². The third-order valence-corrected chi connectivity index (χ3v) is 2.53. The molecule has 0 aliphatic rings. The largest absolute Gasteiger partial charge is 0.469 e. The lowest BCUT2D eigenvalue weighted by atomic mass is 10.3. The van der Waals surface area contributed by atoms with Crippen molar-refractivity contribution in [2.75, 3.05) is 25.6 Å². The molecular formula is C11H15ClN2O2. The second kappa shape index (κ2) is 6.33. The number of rotatable bonds is 5. The van der Waals surface area contributed by atoms with Crippen molar-refractivity contribution in [2.45, 2.75) is 12.3 Å². The molecule has 88 valence electrons. The maximum atomic E-state index is 11.0. The van der Waals surface area contributed by atoms with E-state index in [1.165, 1.54) is 7.11 Å². The van der Waals surface area contributed by atoms with Gasteiger partial charge in [-0.25, -0.2) is 0 Å². The van der Waals surface area contributed by atoms with Crippen molar-refractivity contribution in [3.8, 4) is 0 Å². The van der Waals surface area contributed by atoms with Crippen LogP contribution in [0.4, 0.5) is 5.69 Å². The number of carbonyl (C=O) groups is 1. The van der Waals surface area contributed by atoms with Gasteiger partial charge in [-0.3, -0.25) is 9.78 Å². The molecule has 4 nitrogen and oxygen atoms in total. The zero-order chi connectivity index (χ0) is 12.0. The number of halogens is 1. The number of methoxy groups -OCH3 is 1. The fourth-order valence-corrected chi connectivity index (χ4v) is 1.41. The van der Waals surface area contributed by atoms with Gasteiger partial charge in [-0.15, -0.1) is 11.6 Å². The van der Waals surface area contributed by atoms with Crippen LogP contribution in [0.2, 0.25) is 0 Å². The Morgan fingerprint density at radius 1 is 1.62 bits per heavy atom. The molecule has 1 aromatic heterocycles. The van der Waals surface area contributed by atoms with Crippen molar-refractivity contribution in [2.24, 2.45) is 0 Å². The Kier molecular flexibility index (Phi) is 5.05. The fourth-order valence-electron chi connectivity index (χ4n) is 1.27. The molecule has 0 spiro atoms. The monoisotopic (exact) mass is 242 g/mol. The van der Waals surface area contributed by atoms with E-state index in [1.807, 2.05) is 24.1 Å².